The molecule has 3 heteroatoms. The Kier molecular flexibility index (Phi) is 7.98. The summed E-state index contributed by atoms with van der Waals surface area (Å²) in [6.45, 7) is 18.5. The van der Waals surface area contributed by atoms with Crippen molar-refractivity contribution in [2.24, 2.45) is 0 Å². The lowest BCUT2D eigenvalue weighted by Gasteiger charge is -2.38. The summed E-state index contributed by atoms with van der Waals surface area (Å²) in [4.78, 5) is 5.03. The normalized spacial score (nSPS) is 14.2. The molecule has 0 atom stereocenters. The van der Waals surface area contributed by atoms with E-state index >= 15 is 0 Å². The van der Waals surface area contributed by atoms with Gasteiger partial charge in [-0.05, 0) is 45.9 Å². The number of benzene rings is 3. The summed E-state index contributed by atoms with van der Waals surface area (Å²) in [5, 5.41) is 0. The fraction of sp³-hybridized carbons (Fsp3) is 0.394. The standard InChI is InChI=1S/C33H42BN2/c1-22(2)27-16-12-17-28(23(3)4)31(27)35-20-21-36(33(35)34-26-14-10-9-11-15-26)32-29(24(5)6)18-13-19-30(32)25(7)8/h9-25,33H,1-8H3. The summed E-state index contributed by atoms with van der Waals surface area (Å²) in [5.41, 5.74) is 9.56. The summed E-state index contributed by atoms with van der Waals surface area (Å²) in [7, 11) is 2.42. The Morgan fingerprint density at radius 3 is 1.19 bits per heavy atom. The second-order valence-corrected chi connectivity index (χ2v) is 11.3. The maximum Gasteiger partial charge on any atom is 0.209 e. The predicted molar refractivity (Wildman–Crippen MR) is 159 cm³/mol. The number of rotatable bonds is 8. The van der Waals surface area contributed by atoms with Crippen molar-refractivity contribution in [1.29, 1.82) is 0 Å². The van der Waals surface area contributed by atoms with Crippen molar-refractivity contribution in [1.82, 2.24) is 0 Å². The van der Waals surface area contributed by atoms with Gasteiger partial charge in [-0.25, -0.2) is 0 Å². The predicted octanol–water partition coefficient (Wildman–Crippen LogP) is 8.29. The van der Waals surface area contributed by atoms with Crippen LogP contribution in [0.4, 0.5) is 11.4 Å². The average Bonchev–Trinajstić information content (AvgIpc) is 3.26. The van der Waals surface area contributed by atoms with Gasteiger partial charge < -0.3 is 9.80 Å². The maximum atomic E-state index is 2.51. The van der Waals surface area contributed by atoms with Gasteiger partial charge in [0.15, 0.2) is 0 Å². The molecule has 0 unspecified atom stereocenters. The van der Waals surface area contributed by atoms with Gasteiger partial charge in [0.05, 0.1) is 6.07 Å². The molecule has 1 aliphatic heterocycles. The van der Waals surface area contributed by atoms with Gasteiger partial charge in [0, 0.05) is 23.8 Å². The van der Waals surface area contributed by atoms with Gasteiger partial charge in [-0.2, -0.15) is 0 Å². The Balaban J connectivity index is 1.92. The van der Waals surface area contributed by atoms with Crippen LogP contribution in [0.2, 0.25) is 0 Å². The molecule has 0 aromatic heterocycles. The molecule has 0 aliphatic carbocycles. The van der Waals surface area contributed by atoms with E-state index in [1.807, 2.05) is 0 Å². The molecule has 0 bridgehead atoms. The molecule has 1 heterocycles. The van der Waals surface area contributed by atoms with Gasteiger partial charge in [0.1, 0.15) is 0 Å². The number of hydrogen-bond donors (Lipinski definition) is 0. The van der Waals surface area contributed by atoms with E-state index in [9.17, 15) is 0 Å². The molecule has 2 nitrogen and oxygen atoms in total. The molecule has 0 amide bonds. The molecule has 4 rings (SSSR count). The molecule has 0 saturated heterocycles. The molecule has 0 fully saturated rings. The van der Waals surface area contributed by atoms with E-state index in [0.717, 1.165) is 0 Å². The van der Waals surface area contributed by atoms with Gasteiger partial charge in [0.25, 0.3) is 0 Å². The molecule has 36 heavy (non-hydrogen) atoms. The monoisotopic (exact) mass is 477 g/mol. The quantitative estimate of drug-likeness (QED) is 0.301. The van der Waals surface area contributed by atoms with E-state index in [0.29, 0.717) is 23.7 Å². The number of hydrogen-bond acceptors (Lipinski definition) is 2. The highest BCUT2D eigenvalue weighted by molar-refractivity contribution is 6.56. The van der Waals surface area contributed by atoms with E-state index in [-0.39, 0.29) is 6.07 Å². The van der Waals surface area contributed by atoms with Crippen molar-refractivity contribution in [2.45, 2.75) is 85.1 Å². The van der Waals surface area contributed by atoms with E-state index in [4.69, 9.17) is 0 Å². The van der Waals surface area contributed by atoms with Gasteiger partial charge >= 0.3 is 0 Å². The van der Waals surface area contributed by atoms with Gasteiger partial charge in [-0.3, -0.25) is 0 Å². The Morgan fingerprint density at radius 1 is 0.500 bits per heavy atom. The number of anilines is 2. The summed E-state index contributed by atoms with van der Waals surface area (Å²) >= 11 is 0. The van der Waals surface area contributed by atoms with Crippen molar-refractivity contribution in [2.75, 3.05) is 9.80 Å². The molecule has 3 aromatic carbocycles. The van der Waals surface area contributed by atoms with Crippen LogP contribution in [0.3, 0.4) is 0 Å². The smallest absolute Gasteiger partial charge is 0.209 e. The average molecular weight is 478 g/mol. The lowest BCUT2D eigenvalue weighted by Crippen LogP contribution is -2.49. The van der Waals surface area contributed by atoms with Crippen LogP contribution < -0.4 is 15.3 Å². The zero-order valence-corrected chi connectivity index (χ0v) is 23.4. The molecule has 0 N–H and O–H groups in total. The van der Waals surface area contributed by atoms with E-state index in [1.54, 1.807) is 0 Å². The summed E-state index contributed by atoms with van der Waals surface area (Å²) in [6.07, 6.45) is 4.61. The van der Waals surface area contributed by atoms with Gasteiger partial charge in [0.2, 0.25) is 7.28 Å². The zero-order chi connectivity index (χ0) is 26.0. The highest BCUT2D eigenvalue weighted by Gasteiger charge is 2.35. The van der Waals surface area contributed by atoms with Gasteiger partial charge in [-0.1, -0.05) is 128 Å². The Labute approximate surface area is 220 Å². The maximum absolute atomic E-state index is 2.51. The zero-order valence-electron chi connectivity index (χ0n) is 23.4. The second-order valence-electron chi connectivity index (χ2n) is 11.3. The minimum absolute atomic E-state index is 0.0437. The highest BCUT2D eigenvalue weighted by Crippen LogP contribution is 2.42. The number of nitrogens with zero attached hydrogens (tertiary/aromatic N) is 2. The first-order valence-corrected chi connectivity index (χ1v) is 13.6. The van der Waals surface area contributed by atoms with Crippen LogP contribution in [-0.2, 0) is 0 Å². The van der Waals surface area contributed by atoms with Crippen LogP contribution in [-0.4, -0.2) is 13.3 Å². The van der Waals surface area contributed by atoms with Gasteiger partial charge in [-0.15, -0.1) is 0 Å². The van der Waals surface area contributed by atoms with Crippen LogP contribution in [0, 0.1) is 0 Å². The summed E-state index contributed by atoms with van der Waals surface area (Å²) in [6, 6.07) is 24.5. The Morgan fingerprint density at radius 2 is 0.861 bits per heavy atom. The first-order chi connectivity index (χ1) is 17.2. The fourth-order valence-corrected chi connectivity index (χ4v) is 5.38. The van der Waals surface area contributed by atoms with Crippen molar-refractivity contribution in [3.05, 3.63) is 101 Å². The lowest BCUT2D eigenvalue weighted by molar-refractivity contribution is 0.783. The molecule has 1 aliphatic rings. The van der Waals surface area contributed by atoms with Crippen LogP contribution >= 0.6 is 0 Å². The third-order valence-corrected chi connectivity index (χ3v) is 7.30. The Bertz CT molecular complexity index is 1070. The van der Waals surface area contributed by atoms with Crippen molar-refractivity contribution < 1.29 is 0 Å². The lowest BCUT2D eigenvalue weighted by atomic mass is 9.65. The summed E-state index contributed by atoms with van der Waals surface area (Å²) < 4.78 is 0. The summed E-state index contributed by atoms with van der Waals surface area (Å²) in [5.74, 6) is 1.75. The second kappa shape index (κ2) is 11.0. The molecule has 3 aromatic rings. The molecule has 1 radical (unpaired) electrons. The van der Waals surface area contributed by atoms with E-state index < -0.39 is 0 Å². The third kappa shape index (κ3) is 5.12. The molecular weight excluding hydrogens is 435 g/mol. The third-order valence-electron chi connectivity index (χ3n) is 7.30. The molecular formula is C33H42BN2. The molecule has 0 spiro atoms. The largest absolute Gasteiger partial charge is 0.332 e. The first-order valence-electron chi connectivity index (χ1n) is 13.6. The van der Waals surface area contributed by atoms with Crippen LogP contribution in [0.25, 0.3) is 0 Å². The van der Waals surface area contributed by atoms with Crippen molar-refractivity contribution in [3.63, 3.8) is 0 Å². The van der Waals surface area contributed by atoms with E-state index in [2.05, 4.69) is 152 Å². The topological polar surface area (TPSA) is 6.48 Å². The van der Waals surface area contributed by atoms with Crippen LogP contribution in [0.1, 0.15) is 101 Å². The molecule has 0 saturated carbocycles. The van der Waals surface area contributed by atoms with Crippen molar-refractivity contribution >= 4 is 24.1 Å². The fourth-order valence-electron chi connectivity index (χ4n) is 5.38. The minimum Gasteiger partial charge on any atom is -0.332 e. The minimum atomic E-state index is 0.0437. The van der Waals surface area contributed by atoms with Crippen LogP contribution in [0.15, 0.2) is 79.1 Å². The highest BCUT2D eigenvalue weighted by atomic mass is 15.4. The Hall–Kier alpha value is -2.94. The van der Waals surface area contributed by atoms with Crippen LogP contribution in [0.5, 0.6) is 0 Å². The SMILES string of the molecule is CC(C)c1cccc(C(C)C)c1N1C=CN(c2c(C(C)C)cccc2C(C)C)C1[B]c1ccccc1. The first kappa shape index (κ1) is 26.1. The molecule has 187 valence electrons. The van der Waals surface area contributed by atoms with E-state index in [1.165, 1.54) is 39.1 Å². The number of para-hydroxylation sites is 2. The van der Waals surface area contributed by atoms with Crippen molar-refractivity contribution in [3.8, 4) is 0 Å².